The van der Waals surface area contributed by atoms with Crippen LogP contribution in [0.4, 0.5) is 4.39 Å². The van der Waals surface area contributed by atoms with Crippen molar-refractivity contribution in [2.75, 3.05) is 6.67 Å². The molecule has 3 heterocycles. The third-order valence-corrected chi connectivity index (χ3v) is 3.71. The van der Waals surface area contributed by atoms with Crippen LogP contribution in [0.25, 0.3) is 21.5 Å². The first-order chi connectivity index (χ1) is 9.22. The molecular formula is C12H9FN2O3S. The van der Waals surface area contributed by atoms with E-state index in [0.29, 0.717) is 21.5 Å². The Labute approximate surface area is 109 Å². The van der Waals surface area contributed by atoms with E-state index in [1.54, 1.807) is 17.5 Å². The molecule has 0 amide bonds. The van der Waals surface area contributed by atoms with Crippen LogP contribution < -0.4 is 11.2 Å². The van der Waals surface area contributed by atoms with Gasteiger partial charge in [-0.15, -0.1) is 11.3 Å². The van der Waals surface area contributed by atoms with E-state index in [1.807, 2.05) is 0 Å². The van der Waals surface area contributed by atoms with Crippen molar-refractivity contribution in [2.24, 2.45) is 0 Å². The SMILES string of the molecule is O=c1[nH]c2scc(-c3ccco3)c2c(=O)n1CCF. The Morgan fingerprint density at radius 3 is 2.95 bits per heavy atom. The molecule has 1 N–H and O–H groups in total. The van der Waals surface area contributed by atoms with Gasteiger partial charge in [0.15, 0.2) is 0 Å². The molecule has 0 aromatic carbocycles. The Morgan fingerprint density at radius 2 is 2.26 bits per heavy atom. The van der Waals surface area contributed by atoms with Gasteiger partial charge in [-0.05, 0) is 12.1 Å². The molecule has 0 unspecified atom stereocenters. The van der Waals surface area contributed by atoms with Gasteiger partial charge in [-0.3, -0.25) is 14.3 Å². The van der Waals surface area contributed by atoms with Crippen LogP contribution in [-0.2, 0) is 6.54 Å². The van der Waals surface area contributed by atoms with Crippen LogP contribution in [0.15, 0.2) is 37.8 Å². The lowest BCUT2D eigenvalue weighted by atomic mass is 10.2. The normalized spacial score (nSPS) is 11.2. The maximum absolute atomic E-state index is 12.4. The number of aromatic amines is 1. The van der Waals surface area contributed by atoms with Crippen LogP contribution in [0.3, 0.4) is 0 Å². The van der Waals surface area contributed by atoms with E-state index < -0.39 is 17.9 Å². The standard InChI is InChI=1S/C12H9FN2O3S/c13-3-4-15-11(16)9-7(8-2-1-5-18-8)6-19-10(9)14-12(15)17/h1-2,5-6H,3-4H2,(H,14,17). The minimum Gasteiger partial charge on any atom is -0.464 e. The number of hydrogen-bond donors (Lipinski definition) is 1. The van der Waals surface area contributed by atoms with Crippen molar-refractivity contribution in [2.45, 2.75) is 6.54 Å². The summed E-state index contributed by atoms with van der Waals surface area (Å²) in [5, 5.41) is 2.09. The van der Waals surface area contributed by atoms with E-state index >= 15 is 0 Å². The number of furan rings is 1. The summed E-state index contributed by atoms with van der Waals surface area (Å²) in [5.74, 6) is 0.544. The number of aromatic nitrogens is 2. The lowest BCUT2D eigenvalue weighted by Crippen LogP contribution is -2.35. The van der Waals surface area contributed by atoms with E-state index in [1.165, 1.54) is 17.6 Å². The molecule has 0 aliphatic rings. The lowest BCUT2D eigenvalue weighted by Gasteiger charge is -2.02. The van der Waals surface area contributed by atoms with E-state index in [4.69, 9.17) is 4.42 Å². The van der Waals surface area contributed by atoms with Gasteiger partial charge in [0.25, 0.3) is 5.56 Å². The van der Waals surface area contributed by atoms with Crippen LogP contribution in [0, 0.1) is 0 Å². The highest BCUT2D eigenvalue weighted by Gasteiger charge is 2.16. The molecule has 0 atom stereocenters. The fourth-order valence-corrected chi connectivity index (χ4v) is 2.89. The van der Waals surface area contributed by atoms with Gasteiger partial charge in [-0.1, -0.05) is 0 Å². The Kier molecular flexibility index (Phi) is 2.83. The minimum absolute atomic E-state index is 0.252. The first-order valence-corrected chi connectivity index (χ1v) is 6.44. The fraction of sp³-hybridized carbons (Fsp3) is 0.167. The zero-order chi connectivity index (χ0) is 13.4. The molecular weight excluding hydrogens is 271 g/mol. The molecule has 0 spiro atoms. The molecule has 0 fully saturated rings. The number of thiophene rings is 1. The van der Waals surface area contributed by atoms with Crippen LogP contribution in [0.5, 0.6) is 0 Å². The molecule has 5 nitrogen and oxygen atoms in total. The molecule has 0 saturated carbocycles. The molecule has 0 aliphatic heterocycles. The van der Waals surface area contributed by atoms with Crippen LogP contribution in [0.2, 0.25) is 0 Å². The minimum atomic E-state index is -0.769. The third-order valence-electron chi connectivity index (χ3n) is 2.81. The zero-order valence-electron chi connectivity index (χ0n) is 9.68. The second-order valence-electron chi connectivity index (χ2n) is 3.91. The van der Waals surface area contributed by atoms with E-state index in [2.05, 4.69) is 4.98 Å². The monoisotopic (exact) mass is 280 g/mol. The molecule has 3 aromatic heterocycles. The summed E-state index contributed by atoms with van der Waals surface area (Å²) in [6, 6.07) is 3.44. The summed E-state index contributed by atoms with van der Waals surface area (Å²) in [7, 11) is 0. The van der Waals surface area contributed by atoms with Gasteiger partial charge in [0.05, 0.1) is 18.2 Å². The maximum atomic E-state index is 12.4. The second kappa shape index (κ2) is 4.51. The van der Waals surface area contributed by atoms with Crippen molar-refractivity contribution in [1.82, 2.24) is 9.55 Å². The Balaban J connectivity index is 2.36. The van der Waals surface area contributed by atoms with Crippen molar-refractivity contribution in [1.29, 1.82) is 0 Å². The van der Waals surface area contributed by atoms with Gasteiger partial charge < -0.3 is 4.42 Å². The Bertz CT molecular complexity index is 829. The van der Waals surface area contributed by atoms with Gasteiger partial charge >= 0.3 is 5.69 Å². The van der Waals surface area contributed by atoms with E-state index in [-0.39, 0.29) is 6.54 Å². The predicted molar refractivity (Wildman–Crippen MR) is 70.4 cm³/mol. The molecule has 7 heteroatoms. The van der Waals surface area contributed by atoms with Gasteiger partial charge in [-0.25, -0.2) is 9.18 Å². The highest BCUT2D eigenvalue weighted by Crippen LogP contribution is 2.30. The lowest BCUT2D eigenvalue weighted by molar-refractivity contribution is 0.434. The smallest absolute Gasteiger partial charge is 0.329 e. The molecule has 3 aromatic rings. The largest absolute Gasteiger partial charge is 0.464 e. The highest BCUT2D eigenvalue weighted by molar-refractivity contribution is 7.17. The maximum Gasteiger partial charge on any atom is 0.329 e. The van der Waals surface area contributed by atoms with Crippen molar-refractivity contribution in [3.8, 4) is 11.3 Å². The number of halogens is 1. The van der Waals surface area contributed by atoms with Crippen LogP contribution >= 0.6 is 11.3 Å². The van der Waals surface area contributed by atoms with E-state index in [9.17, 15) is 14.0 Å². The topological polar surface area (TPSA) is 68.0 Å². The summed E-state index contributed by atoms with van der Waals surface area (Å²) in [6.07, 6.45) is 1.50. The fourth-order valence-electron chi connectivity index (χ4n) is 1.95. The molecule has 98 valence electrons. The first kappa shape index (κ1) is 11.9. The number of rotatable bonds is 3. The number of nitrogens with zero attached hydrogens (tertiary/aromatic N) is 1. The number of hydrogen-bond acceptors (Lipinski definition) is 4. The first-order valence-electron chi connectivity index (χ1n) is 5.56. The number of H-pyrrole nitrogens is 1. The van der Waals surface area contributed by atoms with Crippen molar-refractivity contribution in [3.05, 3.63) is 44.6 Å². The Morgan fingerprint density at radius 1 is 1.42 bits per heavy atom. The second-order valence-corrected chi connectivity index (χ2v) is 4.79. The average molecular weight is 280 g/mol. The predicted octanol–water partition coefficient (Wildman–Crippen LogP) is 1.98. The highest BCUT2D eigenvalue weighted by atomic mass is 32.1. The van der Waals surface area contributed by atoms with Crippen LogP contribution in [0.1, 0.15) is 0 Å². The van der Waals surface area contributed by atoms with Gasteiger partial charge in [0.2, 0.25) is 0 Å². The summed E-state index contributed by atoms with van der Waals surface area (Å²) < 4.78 is 18.5. The summed E-state index contributed by atoms with van der Waals surface area (Å²) in [6.45, 7) is -1.02. The molecule has 0 bridgehead atoms. The number of nitrogens with one attached hydrogen (secondary N) is 1. The third kappa shape index (κ3) is 1.82. The van der Waals surface area contributed by atoms with Crippen molar-refractivity contribution >= 4 is 21.6 Å². The van der Waals surface area contributed by atoms with Gasteiger partial charge in [0, 0.05) is 10.9 Å². The number of fused-ring (bicyclic) bond motifs is 1. The molecule has 19 heavy (non-hydrogen) atoms. The van der Waals surface area contributed by atoms with Crippen molar-refractivity contribution < 1.29 is 8.81 Å². The Hall–Kier alpha value is -2.15. The molecule has 0 radical (unpaired) electrons. The quantitative estimate of drug-likeness (QED) is 0.797. The average Bonchev–Trinajstić information content (AvgIpc) is 3.02. The number of alkyl halides is 1. The summed E-state index contributed by atoms with van der Waals surface area (Å²) in [4.78, 5) is 27.0. The summed E-state index contributed by atoms with van der Waals surface area (Å²) in [5.41, 5.74) is -0.481. The molecule has 0 saturated heterocycles. The van der Waals surface area contributed by atoms with Gasteiger partial charge in [-0.2, -0.15) is 0 Å². The molecule has 0 aliphatic carbocycles. The van der Waals surface area contributed by atoms with Crippen molar-refractivity contribution in [3.63, 3.8) is 0 Å². The van der Waals surface area contributed by atoms with E-state index in [0.717, 1.165) is 4.57 Å². The summed E-state index contributed by atoms with van der Waals surface area (Å²) >= 11 is 1.24. The van der Waals surface area contributed by atoms with Crippen LogP contribution in [-0.4, -0.2) is 16.2 Å². The molecule has 3 rings (SSSR count). The van der Waals surface area contributed by atoms with Gasteiger partial charge in [0.1, 0.15) is 17.3 Å². The zero-order valence-corrected chi connectivity index (χ0v) is 10.5.